The van der Waals surface area contributed by atoms with Gasteiger partial charge in [-0.25, -0.2) is 0 Å². The summed E-state index contributed by atoms with van der Waals surface area (Å²) in [7, 11) is 0. The standard InChI is InChI=1S/C22H28ClN3O/c1-18-5-4-7-20(17-18)26-15-13-25(14-16-26)12-11-24-22(27)10-9-19-6-2-3-8-21(19)23/h2-8,17H,9-16H2,1H3,(H,24,27). The van der Waals surface area contributed by atoms with E-state index in [1.807, 2.05) is 24.3 Å². The average molecular weight is 386 g/mol. The number of carbonyl (C=O) groups is 1. The first-order valence-electron chi connectivity index (χ1n) is 9.66. The first-order valence-corrected chi connectivity index (χ1v) is 10.0. The predicted octanol–water partition coefficient (Wildman–Crippen LogP) is 3.52. The van der Waals surface area contributed by atoms with Crippen molar-refractivity contribution in [1.82, 2.24) is 10.2 Å². The maximum atomic E-state index is 12.1. The zero-order valence-corrected chi connectivity index (χ0v) is 16.7. The molecule has 0 unspecified atom stereocenters. The third kappa shape index (κ3) is 5.98. The van der Waals surface area contributed by atoms with Gasteiger partial charge in [0.05, 0.1) is 0 Å². The number of rotatable bonds is 7. The predicted molar refractivity (Wildman–Crippen MR) is 113 cm³/mol. The highest BCUT2D eigenvalue weighted by Gasteiger charge is 2.17. The zero-order valence-electron chi connectivity index (χ0n) is 16.0. The first-order chi connectivity index (χ1) is 13.1. The second-order valence-corrected chi connectivity index (χ2v) is 7.52. The summed E-state index contributed by atoms with van der Waals surface area (Å²) in [5.41, 5.74) is 3.64. The first kappa shape index (κ1) is 19.7. The SMILES string of the molecule is Cc1cccc(N2CCN(CCNC(=O)CCc3ccccc3Cl)CC2)c1. The molecule has 1 N–H and O–H groups in total. The summed E-state index contributed by atoms with van der Waals surface area (Å²) in [6.07, 6.45) is 1.16. The Hall–Kier alpha value is -2.04. The van der Waals surface area contributed by atoms with E-state index in [0.717, 1.165) is 43.3 Å². The van der Waals surface area contributed by atoms with Crippen LogP contribution in [0.25, 0.3) is 0 Å². The summed E-state index contributed by atoms with van der Waals surface area (Å²) in [5.74, 6) is 0.0910. The molecule has 3 rings (SSSR count). The maximum Gasteiger partial charge on any atom is 0.220 e. The molecule has 144 valence electrons. The number of hydrogen-bond acceptors (Lipinski definition) is 3. The van der Waals surface area contributed by atoms with Crippen molar-refractivity contribution in [3.05, 3.63) is 64.7 Å². The van der Waals surface area contributed by atoms with Crippen molar-refractivity contribution in [2.75, 3.05) is 44.2 Å². The summed E-state index contributed by atoms with van der Waals surface area (Å²) >= 11 is 6.14. The van der Waals surface area contributed by atoms with Gasteiger partial charge in [0.25, 0.3) is 0 Å². The zero-order chi connectivity index (χ0) is 19.1. The normalized spacial score (nSPS) is 15.0. The number of benzene rings is 2. The van der Waals surface area contributed by atoms with E-state index in [4.69, 9.17) is 11.6 Å². The van der Waals surface area contributed by atoms with E-state index in [1.165, 1.54) is 11.3 Å². The van der Waals surface area contributed by atoms with Gasteiger partial charge in [-0.2, -0.15) is 0 Å². The molecule has 1 heterocycles. The van der Waals surface area contributed by atoms with Gasteiger partial charge in [-0.15, -0.1) is 0 Å². The summed E-state index contributed by atoms with van der Waals surface area (Å²) in [6.45, 7) is 7.86. The second-order valence-electron chi connectivity index (χ2n) is 7.11. The highest BCUT2D eigenvalue weighted by Crippen LogP contribution is 2.18. The molecule has 27 heavy (non-hydrogen) atoms. The lowest BCUT2D eigenvalue weighted by Gasteiger charge is -2.36. The Balaban J connectivity index is 1.33. The summed E-state index contributed by atoms with van der Waals surface area (Å²) in [5, 5.41) is 3.77. The highest BCUT2D eigenvalue weighted by molar-refractivity contribution is 6.31. The van der Waals surface area contributed by atoms with Crippen molar-refractivity contribution in [1.29, 1.82) is 0 Å². The van der Waals surface area contributed by atoms with Crippen LogP contribution in [0.3, 0.4) is 0 Å². The van der Waals surface area contributed by atoms with Crippen LogP contribution >= 0.6 is 11.6 Å². The molecular weight excluding hydrogens is 358 g/mol. The number of anilines is 1. The Bertz CT molecular complexity index is 757. The van der Waals surface area contributed by atoms with E-state index in [2.05, 4.69) is 46.3 Å². The molecule has 0 saturated carbocycles. The van der Waals surface area contributed by atoms with Crippen molar-refractivity contribution < 1.29 is 4.79 Å². The fraction of sp³-hybridized carbons (Fsp3) is 0.409. The van der Waals surface area contributed by atoms with Crippen LogP contribution in [0.1, 0.15) is 17.5 Å². The highest BCUT2D eigenvalue weighted by atomic mass is 35.5. The molecule has 1 saturated heterocycles. The Morgan fingerprint density at radius 1 is 1.07 bits per heavy atom. The van der Waals surface area contributed by atoms with Crippen LogP contribution in [0.4, 0.5) is 5.69 Å². The monoisotopic (exact) mass is 385 g/mol. The molecule has 0 radical (unpaired) electrons. The fourth-order valence-corrected chi connectivity index (χ4v) is 3.68. The topological polar surface area (TPSA) is 35.6 Å². The Labute approximate surface area is 167 Å². The number of hydrogen-bond donors (Lipinski definition) is 1. The van der Waals surface area contributed by atoms with Crippen LogP contribution in [0.2, 0.25) is 5.02 Å². The van der Waals surface area contributed by atoms with Gasteiger partial charge in [-0.3, -0.25) is 9.69 Å². The van der Waals surface area contributed by atoms with Crippen LogP contribution in [-0.2, 0) is 11.2 Å². The second kappa shape index (κ2) is 9.77. The van der Waals surface area contributed by atoms with Gasteiger partial charge in [-0.05, 0) is 42.7 Å². The fourth-order valence-electron chi connectivity index (χ4n) is 3.45. The minimum atomic E-state index is 0.0910. The molecule has 1 amide bonds. The smallest absolute Gasteiger partial charge is 0.220 e. The van der Waals surface area contributed by atoms with E-state index in [0.29, 0.717) is 19.4 Å². The summed E-state index contributed by atoms with van der Waals surface area (Å²) < 4.78 is 0. The van der Waals surface area contributed by atoms with Gasteiger partial charge in [0.1, 0.15) is 0 Å². The van der Waals surface area contributed by atoms with Crippen LogP contribution < -0.4 is 10.2 Å². The number of halogens is 1. The molecule has 1 fully saturated rings. The Morgan fingerprint density at radius 2 is 1.85 bits per heavy atom. The molecule has 2 aromatic carbocycles. The number of nitrogens with one attached hydrogen (secondary N) is 1. The lowest BCUT2D eigenvalue weighted by molar-refractivity contribution is -0.121. The van der Waals surface area contributed by atoms with Crippen LogP contribution in [0, 0.1) is 6.92 Å². The van der Waals surface area contributed by atoms with Crippen LogP contribution in [0.15, 0.2) is 48.5 Å². The summed E-state index contributed by atoms with van der Waals surface area (Å²) in [4.78, 5) is 16.9. The van der Waals surface area contributed by atoms with Gasteiger partial charge in [0, 0.05) is 56.4 Å². The van der Waals surface area contributed by atoms with E-state index in [-0.39, 0.29) is 5.91 Å². The van der Waals surface area contributed by atoms with Crippen molar-refractivity contribution in [3.63, 3.8) is 0 Å². The third-order valence-electron chi connectivity index (χ3n) is 5.07. The van der Waals surface area contributed by atoms with Crippen molar-refractivity contribution >= 4 is 23.2 Å². The molecule has 0 aromatic heterocycles. The average Bonchev–Trinajstić information content (AvgIpc) is 2.68. The molecular formula is C22H28ClN3O. The molecule has 2 aromatic rings. The van der Waals surface area contributed by atoms with E-state index in [1.54, 1.807) is 0 Å². The van der Waals surface area contributed by atoms with Crippen LogP contribution in [0.5, 0.6) is 0 Å². The molecule has 0 spiro atoms. The quantitative estimate of drug-likeness (QED) is 0.792. The lowest BCUT2D eigenvalue weighted by Crippen LogP contribution is -2.48. The van der Waals surface area contributed by atoms with Gasteiger partial charge >= 0.3 is 0 Å². The lowest BCUT2D eigenvalue weighted by atomic mass is 10.1. The maximum absolute atomic E-state index is 12.1. The van der Waals surface area contributed by atoms with Crippen molar-refractivity contribution in [2.24, 2.45) is 0 Å². The van der Waals surface area contributed by atoms with Crippen molar-refractivity contribution in [3.8, 4) is 0 Å². The van der Waals surface area contributed by atoms with E-state index < -0.39 is 0 Å². The molecule has 5 heteroatoms. The van der Waals surface area contributed by atoms with Crippen molar-refractivity contribution in [2.45, 2.75) is 19.8 Å². The molecule has 0 atom stereocenters. The number of aryl methyl sites for hydroxylation is 2. The number of carbonyl (C=O) groups excluding carboxylic acids is 1. The number of nitrogens with zero attached hydrogens (tertiary/aromatic N) is 2. The molecule has 0 aliphatic carbocycles. The molecule has 1 aliphatic rings. The minimum Gasteiger partial charge on any atom is -0.369 e. The minimum absolute atomic E-state index is 0.0910. The molecule has 0 bridgehead atoms. The largest absolute Gasteiger partial charge is 0.369 e. The van der Waals surface area contributed by atoms with Gasteiger partial charge < -0.3 is 10.2 Å². The summed E-state index contributed by atoms with van der Waals surface area (Å²) in [6, 6.07) is 16.4. The Morgan fingerprint density at radius 3 is 2.59 bits per heavy atom. The van der Waals surface area contributed by atoms with Gasteiger partial charge in [0.2, 0.25) is 5.91 Å². The number of amides is 1. The van der Waals surface area contributed by atoms with Crippen LogP contribution in [-0.4, -0.2) is 50.1 Å². The molecule has 4 nitrogen and oxygen atoms in total. The third-order valence-corrected chi connectivity index (χ3v) is 5.44. The number of piperazine rings is 1. The van der Waals surface area contributed by atoms with E-state index in [9.17, 15) is 4.79 Å². The van der Waals surface area contributed by atoms with Gasteiger partial charge in [0.15, 0.2) is 0 Å². The van der Waals surface area contributed by atoms with E-state index >= 15 is 0 Å². The van der Waals surface area contributed by atoms with Gasteiger partial charge in [-0.1, -0.05) is 41.9 Å². The Kier molecular flexibility index (Phi) is 7.13. The molecule has 1 aliphatic heterocycles.